The van der Waals surface area contributed by atoms with E-state index >= 15 is 0 Å². The van der Waals surface area contributed by atoms with Crippen LogP contribution in [0.2, 0.25) is 0 Å². The highest BCUT2D eigenvalue weighted by Gasteiger charge is 2.29. The lowest BCUT2D eigenvalue weighted by Crippen LogP contribution is -2.23. The van der Waals surface area contributed by atoms with E-state index in [-0.39, 0.29) is 10.8 Å². The average molecular weight is 491 g/mol. The third-order valence-electron chi connectivity index (χ3n) is 6.66. The normalized spacial score (nSPS) is 12.4. The second kappa shape index (κ2) is 8.57. The molecule has 1 atom stereocenters. The zero-order valence-electron chi connectivity index (χ0n) is 21.9. The van der Waals surface area contributed by atoms with Gasteiger partial charge >= 0.3 is 6.03 Å². The number of ether oxygens (including phenoxy) is 2. The highest BCUT2D eigenvalue weighted by atomic mass is 31.0. The second-order valence-electron chi connectivity index (χ2n) is 11.1. The largest absolute Gasteiger partial charge is 0.496 e. The number of hydrogen-bond donors (Lipinski definition) is 1. The summed E-state index contributed by atoms with van der Waals surface area (Å²) in [5.74, 6) is 1.41. The SMILES string of the molecule is COc1cccc(OC)c1-c1c(C(C)(C)C)cc2c3cc(C(C)(C)C)ccc3n(C(N)=O)c2c1P. The Balaban J connectivity index is 2.29. The Bertz CT molecular complexity index is 1450. The second-order valence-corrected chi connectivity index (χ2v) is 11.6. The minimum atomic E-state index is -0.515. The molecule has 0 aliphatic carbocycles. The molecule has 0 spiro atoms. The van der Waals surface area contributed by atoms with E-state index in [1.807, 2.05) is 24.3 Å². The lowest BCUT2D eigenvalue weighted by Gasteiger charge is -2.27. The van der Waals surface area contributed by atoms with Gasteiger partial charge in [-0.3, -0.25) is 4.57 Å². The van der Waals surface area contributed by atoms with Crippen LogP contribution < -0.4 is 20.5 Å². The molecule has 6 heteroatoms. The van der Waals surface area contributed by atoms with Crippen molar-refractivity contribution in [1.29, 1.82) is 0 Å². The van der Waals surface area contributed by atoms with Gasteiger partial charge in [-0.15, -0.1) is 9.24 Å². The Morgan fingerprint density at radius 2 is 1.46 bits per heavy atom. The Kier molecular flexibility index (Phi) is 6.13. The first-order chi connectivity index (χ1) is 16.3. The first kappa shape index (κ1) is 25.1. The lowest BCUT2D eigenvalue weighted by atomic mass is 9.80. The number of primary amides is 1. The Hall–Kier alpha value is -3.04. The number of nitrogens with zero attached hydrogens (tertiary/aromatic N) is 1. The van der Waals surface area contributed by atoms with E-state index in [4.69, 9.17) is 15.2 Å². The minimum absolute atomic E-state index is 0.0311. The van der Waals surface area contributed by atoms with E-state index in [1.165, 1.54) is 5.56 Å². The molecule has 3 aromatic carbocycles. The number of hydrogen-bond acceptors (Lipinski definition) is 3. The van der Waals surface area contributed by atoms with Crippen LogP contribution in [0.1, 0.15) is 52.7 Å². The van der Waals surface area contributed by atoms with E-state index < -0.39 is 6.03 Å². The van der Waals surface area contributed by atoms with Gasteiger partial charge in [-0.25, -0.2) is 4.79 Å². The Labute approximate surface area is 209 Å². The maximum absolute atomic E-state index is 12.8. The number of carbonyl (C=O) groups is 1. The molecular formula is C29H35N2O3P. The highest BCUT2D eigenvalue weighted by molar-refractivity contribution is 7.29. The number of aromatic nitrogens is 1. The molecule has 4 aromatic rings. The summed E-state index contributed by atoms with van der Waals surface area (Å²) in [7, 11) is 6.19. The summed E-state index contributed by atoms with van der Waals surface area (Å²) in [6, 6.07) is 13.7. The van der Waals surface area contributed by atoms with Crippen LogP contribution in [-0.2, 0) is 10.8 Å². The van der Waals surface area contributed by atoms with Gasteiger partial charge in [0.05, 0.1) is 30.8 Å². The molecule has 0 radical (unpaired) electrons. The van der Waals surface area contributed by atoms with Gasteiger partial charge in [0.25, 0.3) is 0 Å². The van der Waals surface area contributed by atoms with Crippen molar-refractivity contribution in [2.75, 3.05) is 14.2 Å². The summed E-state index contributed by atoms with van der Waals surface area (Å²) in [4.78, 5) is 12.8. The van der Waals surface area contributed by atoms with Crippen molar-refractivity contribution in [2.24, 2.45) is 5.73 Å². The maximum atomic E-state index is 12.8. The number of carbonyl (C=O) groups excluding carboxylic acids is 1. The summed E-state index contributed by atoms with van der Waals surface area (Å²) in [6.07, 6.45) is 0. The maximum Gasteiger partial charge on any atom is 0.323 e. The molecule has 0 bridgehead atoms. The van der Waals surface area contributed by atoms with Crippen molar-refractivity contribution in [3.05, 3.63) is 53.6 Å². The zero-order valence-corrected chi connectivity index (χ0v) is 23.0. The van der Waals surface area contributed by atoms with Crippen molar-refractivity contribution in [3.8, 4) is 22.6 Å². The molecule has 0 fully saturated rings. The van der Waals surface area contributed by atoms with E-state index in [2.05, 4.69) is 69.0 Å². The van der Waals surface area contributed by atoms with Crippen LogP contribution in [0.15, 0.2) is 42.5 Å². The number of benzene rings is 3. The van der Waals surface area contributed by atoms with Gasteiger partial charge in [0.1, 0.15) is 11.5 Å². The minimum Gasteiger partial charge on any atom is -0.496 e. The van der Waals surface area contributed by atoms with Crippen LogP contribution in [-0.4, -0.2) is 24.8 Å². The lowest BCUT2D eigenvalue weighted by molar-refractivity contribution is 0.252. The topological polar surface area (TPSA) is 66.5 Å². The van der Waals surface area contributed by atoms with E-state index in [0.29, 0.717) is 11.5 Å². The van der Waals surface area contributed by atoms with Crippen molar-refractivity contribution < 1.29 is 14.3 Å². The van der Waals surface area contributed by atoms with Crippen LogP contribution in [0.5, 0.6) is 11.5 Å². The van der Waals surface area contributed by atoms with Gasteiger partial charge in [-0.1, -0.05) is 53.7 Å². The van der Waals surface area contributed by atoms with Gasteiger partial charge in [-0.2, -0.15) is 0 Å². The highest BCUT2D eigenvalue weighted by Crippen LogP contribution is 2.46. The third-order valence-corrected chi connectivity index (χ3v) is 7.22. The van der Waals surface area contributed by atoms with Gasteiger partial charge in [0, 0.05) is 21.6 Å². The molecular weight excluding hydrogens is 455 g/mol. The summed E-state index contributed by atoms with van der Waals surface area (Å²) in [5, 5.41) is 2.89. The van der Waals surface area contributed by atoms with Gasteiger partial charge in [0.15, 0.2) is 0 Å². The molecule has 1 heterocycles. The summed E-state index contributed by atoms with van der Waals surface area (Å²) >= 11 is 0. The average Bonchev–Trinajstić information content (AvgIpc) is 3.11. The monoisotopic (exact) mass is 490 g/mol. The van der Waals surface area contributed by atoms with Gasteiger partial charge < -0.3 is 15.2 Å². The van der Waals surface area contributed by atoms with E-state index in [0.717, 1.165) is 43.8 Å². The van der Waals surface area contributed by atoms with Crippen molar-refractivity contribution >= 4 is 42.4 Å². The van der Waals surface area contributed by atoms with Crippen LogP contribution in [0.25, 0.3) is 32.9 Å². The first-order valence-electron chi connectivity index (χ1n) is 11.7. The molecule has 1 aromatic heterocycles. The smallest absolute Gasteiger partial charge is 0.323 e. The molecule has 1 amide bonds. The standard InChI is InChI=1S/C29H35N2O3P/c1-28(2,3)16-12-13-20-17(14-16)18-15-19(29(4,5)6)23(26(35)25(18)31(20)27(30)32)24-21(33-7)10-9-11-22(24)34-8/h9-15H,35H2,1-8H3,(H2,30,32). The van der Waals surface area contributed by atoms with E-state index in [1.54, 1.807) is 18.8 Å². The fourth-order valence-corrected chi connectivity index (χ4v) is 5.45. The van der Waals surface area contributed by atoms with E-state index in [9.17, 15) is 4.79 Å². The summed E-state index contributed by atoms with van der Waals surface area (Å²) < 4.78 is 13.2. The Morgan fingerprint density at radius 1 is 0.857 bits per heavy atom. The number of rotatable bonds is 3. The number of methoxy groups -OCH3 is 2. The third kappa shape index (κ3) is 4.06. The van der Waals surface area contributed by atoms with Crippen LogP contribution in [0.3, 0.4) is 0 Å². The van der Waals surface area contributed by atoms with Crippen LogP contribution >= 0.6 is 9.24 Å². The molecule has 35 heavy (non-hydrogen) atoms. The predicted octanol–water partition coefficient (Wildman–Crippen LogP) is 6.50. The molecule has 184 valence electrons. The van der Waals surface area contributed by atoms with Gasteiger partial charge in [0.2, 0.25) is 0 Å². The molecule has 0 aliphatic heterocycles. The molecule has 0 aliphatic rings. The number of amides is 1. The van der Waals surface area contributed by atoms with Crippen LogP contribution in [0, 0.1) is 0 Å². The fraction of sp³-hybridized carbons (Fsp3) is 0.345. The summed E-state index contributed by atoms with van der Waals surface area (Å²) in [6.45, 7) is 13.1. The molecule has 0 saturated carbocycles. The number of nitrogens with two attached hydrogens (primary N) is 1. The van der Waals surface area contributed by atoms with Crippen molar-refractivity contribution in [3.63, 3.8) is 0 Å². The van der Waals surface area contributed by atoms with Crippen LogP contribution in [0.4, 0.5) is 4.79 Å². The predicted molar refractivity (Wildman–Crippen MR) is 150 cm³/mol. The van der Waals surface area contributed by atoms with Crippen molar-refractivity contribution in [1.82, 2.24) is 4.57 Å². The molecule has 4 rings (SSSR count). The molecule has 5 nitrogen and oxygen atoms in total. The number of fused-ring (bicyclic) bond motifs is 3. The van der Waals surface area contributed by atoms with Gasteiger partial charge in [-0.05, 0) is 52.3 Å². The van der Waals surface area contributed by atoms with Crippen molar-refractivity contribution in [2.45, 2.75) is 52.4 Å². The fourth-order valence-electron chi connectivity index (χ4n) is 4.86. The zero-order chi connectivity index (χ0) is 25.9. The first-order valence-corrected chi connectivity index (χ1v) is 12.3. The molecule has 2 N–H and O–H groups in total. The molecule has 1 unspecified atom stereocenters. The quantitative estimate of drug-likeness (QED) is 0.333. The molecule has 0 saturated heterocycles. The summed E-state index contributed by atoms with van der Waals surface area (Å²) in [5.41, 5.74) is 11.5. The Morgan fingerprint density at radius 3 is 1.94 bits per heavy atom.